The van der Waals surface area contributed by atoms with Gasteiger partial charge in [-0.2, -0.15) is 0 Å². The third-order valence-corrected chi connectivity index (χ3v) is 1.93. The molecule has 0 radical (unpaired) electrons. The molecule has 0 aliphatic carbocycles. The maximum absolute atomic E-state index is 13.1. The molecule has 17 heavy (non-hydrogen) atoms. The molecule has 1 aromatic carbocycles. The number of amides is 1. The Kier molecular flexibility index (Phi) is 4.87. The Morgan fingerprint density at radius 1 is 1.41 bits per heavy atom. The minimum atomic E-state index is -0.697. The molecule has 0 aromatic heterocycles. The molecular weight excluding hydrogens is 225 g/mol. The standard InChI is InChI=1S/C12H12FNO3/c1-14-11(15)8-17-12(16)7-6-9-4-2-3-5-10(9)13/h2-7H,8H2,1H3,(H,14,15)/b7-6+. The number of ether oxygens (including phenoxy) is 1. The largest absolute Gasteiger partial charge is 0.452 e. The van der Waals surface area contributed by atoms with E-state index in [4.69, 9.17) is 0 Å². The van der Waals surface area contributed by atoms with Gasteiger partial charge in [0.25, 0.3) is 5.91 Å². The van der Waals surface area contributed by atoms with Crippen LogP contribution in [0, 0.1) is 5.82 Å². The van der Waals surface area contributed by atoms with Gasteiger partial charge in [-0.05, 0) is 12.1 Å². The van der Waals surface area contributed by atoms with Crippen molar-refractivity contribution in [2.45, 2.75) is 0 Å². The average molecular weight is 237 g/mol. The van der Waals surface area contributed by atoms with E-state index in [1.165, 1.54) is 25.3 Å². The molecule has 1 rings (SSSR count). The third-order valence-electron chi connectivity index (χ3n) is 1.93. The lowest BCUT2D eigenvalue weighted by Gasteiger charge is -2.00. The minimum absolute atomic E-state index is 0.282. The van der Waals surface area contributed by atoms with Crippen molar-refractivity contribution in [1.82, 2.24) is 5.32 Å². The Bertz CT molecular complexity index is 443. The van der Waals surface area contributed by atoms with Gasteiger partial charge in [-0.15, -0.1) is 0 Å². The van der Waals surface area contributed by atoms with Crippen LogP contribution in [-0.4, -0.2) is 25.5 Å². The van der Waals surface area contributed by atoms with E-state index in [9.17, 15) is 14.0 Å². The van der Waals surface area contributed by atoms with E-state index in [-0.39, 0.29) is 12.2 Å². The van der Waals surface area contributed by atoms with Crippen molar-refractivity contribution in [3.63, 3.8) is 0 Å². The van der Waals surface area contributed by atoms with E-state index in [1.54, 1.807) is 12.1 Å². The molecule has 1 N–H and O–H groups in total. The molecule has 0 saturated carbocycles. The summed E-state index contributed by atoms with van der Waals surface area (Å²) >= 11 is 0. The Morgan fingerprint density at radius 3 is 2.76 bits per heavy atom. The Hall–Kier alpha value is -2.17. The van der Waals surface area contributed by atoms with Crippen LogP contribution in [0.2, 0.25) is 0 Å². The van der Waals surface area contributed by atoms with Crippen molar-refractivity contribution in [2.24, 2.45) is 0 Å². The number of hydrogen-bond acceptors (Lipinski definition) is 3. The second kappa shape index (κ2) is 6.42. The van der Waals surface area contributed by atoms with Crippen LogP contribution in [0.1, 0.15) is 5.56 Å². The van der Waals surface area contributed by atoms with Gasteiger partial charge in [0, 0.05) is 18.7 Å². The second-order valence-electron chi connectivity index (χ2n) is 3.14. The summed E-state index contributed by atoms with van der Waals surface area (Å²) < 4.78 is 17.7. The van der Waals surface area contributed by atoms with Gasteiger partial charge in [0.1, 0.15) is 5.82 Å². The van der Waals surface area contributed by atoms with Gasteiger partial charge >= 0.3 is 5.97 Å². The van der Waals surface area contributed by atoms with Gasteiger partial charge in [0.2, 0.25) is 0 Å². The number of likely N-dealkylation sites (N-methyl/N-ethyl adjacent to an activating group) is 1. The smallest absolute Gasteiger partial charge is 0.331 e. The van der Waals surface area contributed by atoms with Crippen LogP contribution in [0.15, 0.2) is 30.3 Å². The first kappa shape index (κ1) is 12.9. The Morgan fingerprint density at radius 2 is 2.12 bits per heavy atom. The van der Waals surface area contributed by atoms with Crippen LogP contribution < -0.4 is 5.32 Å². The van der Waals surface area contributed by atoms with E-state index in [1.807, 2.05) is 0 Å². The number of hydrogen-bond donors (Lipinski definition) is 1. The summed E-state index contributed by atoms with van der Waals surface area (Å²) in [5.41, 5.74) is 0.282. The van der Waals surface area contributed by atoms with Crippen LogP contribution >= 0.6 is 0 Å². The van der Waals surface area contributed by atoms with Gasteiger partial charge in [0.15, 0.2) is 6.61 Å². The van der Waals surface area contributed by atoms with E-state index in [2.05, 4.69) is 10.1 Å². The molecule has 0 saturated heterocycles. The number of halogens is 1. The molecule has 1 amide bonds. The number of nitrogens with one attached hydrogen (secondary N) is 1. The normalized spacial score (nSPS) is 10.2. The van der Waals surface area contributed by atoms with Crippen molar-refractivity contribution >= 4 is 18.0 Å². The van der Waals surface area contributed by atoms with Gasteiger partial charge in [-0.25, -0.2) is 9.18 Å². The summed E-state index contributed by atoms with van der Waals surface area (Å²) in [6.07, 6.45) is 2.36. The molecule has 0 fully saturated rings. The number of rotatable bonds is 4. The zero-order chi connectivity index (χ0) is 12.7. The van der Waals surface area contributed by atoms with Crippen LogP contribution in [0.5, 0.6) is 0 Å². The molecule has 4 nitrogen and oxygen atoms in total. The third kappa shape index (κ3) is 4.46. The summed E-state index contributed by atoms with van der Waals surface area (Å²) in [5, 5.41) is 2.30. The van der Waals surface area contributed by atoms with Gasteiger partial charge in [0.05, 0.1) is 0 Å². The van der Waals surface area contributed by atoms with Crippen LogP contribution in [0.25, 0.3) is 6.08 Å². The molecule has 0 bridgehead atoms. The number of esters is 1. The molecule has 5 heteroatoms. The highest BCUT2D eigenvalue weighted by atomic mass is 19.1. The predicted octanol–water partition coefficient (Wildman–Crippen LogP) is 1.13. The minimum Gasteiger partial charge on any atom is -0.452 e. The summed E-state index contributed by atoms with van der Waals surface area (Å²) in [4.78, 5) is 21.9. The summed E-state index contributed by atoms with van der Waals surface area (Å²) in [7, 11) is 1.44. The Balaban J connectivity index is 2.51. The van der Waals surface area contributed by atoms with Crippen LogP contribution in [-0.2, 0) is 14.3 Å². The molecular formula is C12H12FNO3. The fourth-order valence-corrected chi connectivity index (χ4v) is 1.03. The zero-order valence-corrected chi connectivity index (χ0v) is 9.27. The Labute approximate surface area is 98.1 Å². The van der Waals surface area contributed by atoms with E-state index < -0.39 is 17.7 Å². The van der Waals surface area contributed by atoms with Gasteiger partial charge in [-0.1, -0.05) is 18.2 Å². The van der Waals surface area contributed by atoms with Crippen molar-refractivity contribution < 1.29 is 18.7 Å². The zero-order valence-electron chi connectivity index (χ0n) is 9.27. The summed E-state index contributed by atoms with van der Waals surface area (Å²) in [5.74, 6) is -1.53. The number of carbonyl (C=O) groups is 2. The number of benzene rings is 1. The lowest BCUT2D eigenvalue weighted by molar-refractivity contribution is -0.143. The highest BCUT2D eigenvalue weighted by Gasteiger charge is 2.02. The predicted molar refractivity (Wildman–Crippen MR) is 60.5 cm³/mol. The first-order valence-electron chi connectivity index (χ1n) is 4.93. The molecule has 0 atom stereocenters. The molecule has 0 aliphatic rings. The second-order valence-corrected chi connectivity index (χ2v) is 3.14. The maximum atomic E-state index is 13.1. The SMILES string of the molecule is CNC(=O)COC(=O)/C=C/c1ccccc1F. The average Bonchev–Trinajstić information content (AvgIpc) is 2.35. The molecule has 1 aromatic rings. The lowest BCUT2D eigenvalue weighted by atomic mass is 10.2. The van der Waals surface area contributed by atoms with Crippen molar-refractivity contribution in [3.8, 4) is 0 Å². The van der Waals surface area contributed by atoms with E-state index in [0.717, 1.165) is 6.08 Å². The van der Waals surface area contributed by atoms with E-state index >= 15 is 0 Å². The lowest BCUT2D eigenvalue weighted by Crippen LogP contribution is -2.24. The molecule has 0 unspecified atom stereocenters. The fraction of sp³-hybridized carbons (Fsp3) is 0.167. The molecule has 0 spiro atoms. The van der Waals surface area contributed by atoms with Crippen molar-refractivity contribution in [2.75, 3.05) is 13.7 Å². The molecule has 90 valence electrons. The van der Waals surface area contributed by atoms with Crippen LogP contribution in [0.3, 0.4) is 0 Å². The fourth-order valence-electron chi connectivity index (χ4n) is 1.03. The van der Waals surface area contributed by atoms with Gasteiger partial charge in [-0.3, -0.25) is 4.79 Å². The van der Waals surface area contributed by atoms with Crippen molar-refractivity contribution in [1.29, 1.82) is 0 Å². The number of carbonyl (C=O) groups excluding carboxylic acids is 2. The quantitative estimate of drug-likeness (QED) is 0.630. The van der Waals surface area contributed by atoms with Crippen molar-refractivity contribution in [3.05, 3.63) is 41.7 Å². The highest BCUT2D eigenvalue weighted by Crippen LogP contribution is 2.07. The topological polar surface area (TPSA) is 55.4 Å². The first-order chi connectivity index (χ1) is 8.13. The van der Waals surface area contributed by atoms with E-state index in [0.29, 0.717) is 0 Å². The maximum Gasteiger partial charge on any atom is 0.331 e. The summed E-state index contributed by atoms with van der Waals surface area (Å²) in [6, 6.07) is 6.02. The highest BCUT2D eigenvalue weighted by molar-refractivity contribution is 5.89. The van der Waals surface area contributed by atoms with Crippen LogP contribution in [0.4, 0.5) is 4.39 Å². The monoisotopic (exact) mass is 237 g/mol. The van der Waals surface area contributed by atoms with Gasteiger partial charge < -0.3 is 10.1 Å². The molecule has 0 aliphatic heterocycles. The molecule has 0 heterocycles. The summed E-state index contributed by atoms with van der Waals surface area (Å²) in [6.45, 7) is -0.350. The first-order valence-corrected chi connectivity index (χ1v) is 4.93.